The Labute approximate surface area is 109 Å². The summed E-state index contributed by atoms with van der Waals surface area (Å²) in [5, 5.41) is 10.7. The van der Waals surface area contributed by atoms with E-state index >= 15 is 0 Å². The standard InChI is InChI=1S/C13H13N3O3/c1-3-11-8(2)13(17)15-12(14-11)9-5-4-6-10(7-9)16(18)19/h4-7H,3H2,1-2H3,(H,14,15,17). The van der Waals surface area contributed by atoms with Crippen molar-refractivity contribution in [3.05, 3.63) is 56.0 Å². The molecule has 0 unspecified atom stereocenters. The molecule has 98 valence electrons. The van der Waals surface area contributed by atoms with Crippen LogP contribution < -0.4 is 5.56 Å². The van der Waals surface area contributed by atoms with Gasteiger partial charge in [0.05, 0.1) is 10.6 Å². The number of aryl methyl sites for hydroxylation is 1. The SMILES string of the molecule is CCc1nc(-c2cccc([N+](=O)[O-])c2)[nH]c(=O)c1C. The van der Waals surface area contributed by atoms with Gasteiger partial charge < -0.3 is 4.98 Å². The molecule has 0 aliphatic heterocycles. The van der Waals surface area contributed by atoms with Crippen LogP contribution >= 0.6 is 0 Å². The van der Waals surface area contributed by atoms with Gasteiger partial charge in [0.1, 0.15) is 5.82 Å². The average molecular weight is 259 g/mol. The first kappa shape index (κ1) is 12.9. The number of nitro groups is 1. The summed E-state index contributed by atoms with van der Waals surface area (Å²) in [6.07, 6.45) is 0.637. The third-order valence-electron chi connectivity index (χ3n) is 2.92. The van der Waals surface area contributed by atoms with Crippen LogP contribution in [0.5, 0.6) is 0 Å². The average Bonchev–Trinajstić information content (AvgIpc) is 2.41. The molecule has 0 radical (unpaired) electrons. The highest BCUT2D eigenvalue weighted by Gasteiger charge is 2.11. The maximum Gasteiger partial charge on any atom is 0.270 e. The smallest absolute Gasteiger partial charge is 0.270 e. The molecule has 2 rings (SSSR count). The predicted octanol–water partition coefficient (Wildman–Crippen LogP) is 2.22. The molecule has 1 heterocycles. The molecule has 6 nitrogen and oxygen atoms in total. The van der Waals surface area contributed by atoms with Gasteiger partial charge in [0.15, 0.2) is 0 Å². The first-order valence-electron chi connectivity index (χ1n) is 5.87. The van der Waals surface area contributed by atoms with Crippen LogP contribution in [-0.4, -0.2) is 14.9 Å². The monoisotopic (exact) mass is 259 g/mol. The van der Waals surface area contributed by atoms with E-state index in [1.165, 1.54) is 12.1 Å². The van der Waals surface area contributed by atoms with E-state index in [0.717, 1.165) is 0 Å². The number of nitrogens with zero attached hydrogens (tertiary/aromatic N) is 2. The minimum Gasteiger partial charge on any atom is -0.306 e. The molecule has 0 saturated carbocycles. The molecule has 0 amide bonds. The van der Waals surface area contributed by atoms with Crippen LogP contribution in [0.2, 0.25) is 0 Å². The Bertz CT molecular complexity index is 692. The Morgan fingerprint density at radius 1 is 1.42 bits per heavy atom. The molecule has 6 heteroatoms. The number of nitro benzene ring substituents is 1. The highest BCUT2D eigenvalue weighted by molar-refractivity contribution is 5.59. The number of rotatable bonds is 3. The molecule has 0 fully saturated rings. The minimum absolute atomic E-state index is 0.0289. The van der Waals surface area contributed by atoms with Gasteiger partial charge in [-0.2, -0.15) is 0 Å². The molecule has 0 saturated heterocycles. The minimum atomic E-state index is -0.476. The zero-order chi connectivity index (χ0) is 14.0. The lowest BCUT2D eigenvalue weighted by Gasteiger charge is -2.05. The van der Waals surface area contributed by atoms with E-state index in [9.17, 15) is 14.9 Å². The summed E-state index contributed by atoms with van der Waals surface area (Å²) in [6, 6.07) is 6.04. The summed E-state index contributed by atoms with van der Waals surface area (Å²) in [4.78, 5) is 29.0. The Morgan fingerprint density at radius 3 is 2.79 bits per heavy atom. The fourth-order valence-corrected chi connectivity index (χ4v) is 1.83. The number of aromatic amines is 1. The Hall–Kier alpha value is -2.50. The van der Waals surface area contributed by atoms with Crippen LogP contribution in [0.1, 0.15) is 18.2 Å². The van der Waals surface area contributed by atoms with Gasteiger partial charge in [-0.1, -0.05) is 19.1 Å². The van der Waals surface area contributed by atoms with Crippen molar-refractivity contribution in [3.63, 3.8) is 0 Å². The summed E-state index contributed by atoms with van der Waals surface area (Å²) >= 11 is 0. The number of hydrogen-bond acceptors (Lipinski definition) is 4. The third kappa shape index (κ3) is 2.52. The fraction of sp³-hybridized carbons (Fsp3) is 0.231. The van der Waals surface area contributed by atoms with Crippen LogP contribution in [0.4, 0.5) is 5.69 Å². The number of nitrogens with one attached hydrogen (secondary N) is 1. The molecular formula is C13H13N3O3. The number of benzene rings is 1. The summed E-state index contributed by atoms with van der Waals surface area (Å²) in [6.45, 7) is 3.62. The van der Waals surface area contributed by atoms with Crippen molar-refractivity contribution < 1.29 is 4.92 Å². The van der Waals surface area contributed by atoms with E-state index in [0.29, 0.717) is 29.1 Å². The summed E-state index contributed by atoms with van der Waals surface area (Å²) in [5.74, 6) is 0.358. The molecule has 0 aliphatic carbocycles. The third-order valence-corrected chi connectivity index (χ3v) is 2.92. The molecule has 0 bridgehead atoms. The van der Waals surface area contributed by atoms with Crippen molar-refractivity contribution in [2.24, 2.45) is 0 Å². The van der Waals surface area contributed by atoms with Gasteiger partial charge >= 0.3 is 0 Å². The maximum absolute atomic E-state index is 11.8. The quantitative estimate of drug-likeness (QED) is 0.676. The lowest BCUT2D eigenvalue weighted by molar-refractivity contribution is -0.384. The van der Waals surface area contributed by atoms with Crippen molar-refractivity contribution in [2.45, 2.75) is 20.3 Å². The molecule has 0 spiro atoms. The van der Waals surface area contributed by atoms with Gasteiger partial charge in [-0.25, -0.2) is 4.98 Å². The highest BCUT2D eigenvalue weighted by Crippen LogP contribution is 2.20. The fourth-order valence-electron chi connectivity index (χ4n) is 1.83. The summed E-state index contributed by atoms with van der Waals surface area (Å²) < 4.78 is 0. The second-order valence-electron chi connectivity index (χ2n) is 4.15. The van der Waals surface area contributed by atoms with Crippen LogP contribution in [0.25, 0.3) is 11.4 Å². The van der Waals surface area contributed by atoms with Gasteiger partial charge in [-0.05, 0) is 13.3 Å². The largest absolute Gasteiger partial charge is 0.306 e. The van der Waals surface area contributed by atoms with E-state index in [2.05, 4.69) is 9.97 Å². The van der Waals surface area contributed by atoms with Crippen molar-refractivity contribution in [3.8, 4) is 11.4 Å². The van der Waals surface area contributed by atoms with Crippen LogP contribution in [0, 0.1) is 17.0 Å². The molecule has 0 aliphatic rings. The van der Waals surface area contributed by atoms with Crippen molar-refractivity contribution in [2.75, 3.05) is 0 Å². The number of H-pyrrole nitrogens is 1. The molecule has 0 atom stereocenters. The summed E-state index contributed by atoms with van der Waals surface area (Å²) in [7, 11) is 0. The topological polar surface area (TPSA) is 88.9 Å². The van der Waals surface area contributed by atoms with E-state index < -0.39 is 4.92 Å². The van der Waals surface area contributed by atoms with Crippen LogP contribution in [-0.2, 0) is 6.42 Å². The zero-order valence-electron chi connectivity index (χ0n) is 10.6. The number of non-ortho nitro benzene ring substituents is 1. The first-order chi connectivity index (χ1) is 9.02. The van der Waals surface area contributed by atoms with E-state index in [-0.39, 0.29) is 11.2 Å². The summed E-state index contributed by atoms with van der Waals surface area (Å²) in [5.41, 5.74) is 1.56. The number of hydrogen-bond donors (Lipinski definition) is 1. The maximum atomic E-state index is 11.8. The van der Waals surface area contributed by atoms with E-state index in [4.69, 9.17) is 0 Å². The molecular weight excluding hydrogens is 246 g/mol. The second-order valence-corrected chi connectivity index (χ2v) is 4.15. The van der Waals surface area contributed by atoms with Crippen molar-refractivity contribution in [1.82, 2.24) is 9.97 Å². The zero-order valence-corrected chi connectivity index (χ0v) is 10.6. The van der Waals surface area contributed by atoms with Crippen molar-refractivity contribution in [1.29, 1.82) is 0 Å². The van der Waals surface area contributed by atoms with Gasteiger partial charge in [0, 0.05) is 23.3 Å². The van der Waals surface area contributed by atoms with Gasteiger partial charge in [0.25, 0.3) is 11.2 Å². The molecule has 19 heavy (non-hydrogen) atoms. The van der Waals surface area contributed by atoms with E-state index in [1.54, 1.807) is 19.1 Å². The Kier molecular flexibility index (Phi) is 3.41. The Balaban J connectivity index is 2.59. The lowest BCUT2D eigenvalue weighted by atomic mass is 10.1. The molecule has 1 aromatic carbocycles. The van der Waals surface area contributed by atoms with Crippen LogP contribution in [0.15, 0.2) is 29.1 Å². The molecule has 1 N–H and O–H groups in total. The predicted molar refractivity (Wildman–Crippen MR) is 71.1 cm³/mol. The highest BCUT2D eigenvalue weighted by atomic mass is 16.6. The van der Waals surface area contributed by atoms with Crippen LogP contribution in [0.3, 0.4) is 0 Å². The van der Waals surface area contributed by atoms with Gasteiger partial charge in [-0.15, -0.1) is 0 Å². The number of aromatic nitrogens is 2. The molecule has 2 aromatic rings. The van der Waals surface area contributed by atoms with Crippen molar-refractivity contribution >= 4 is 5.69 Å². The van der Waals surface area contributed by atoms with Gasteiger partial charge in [-0.3, -0.25) is 14.9 Å². The van der Waals surface area contributed by atoms with E-state index in [1.807, 2.05) is 6.92 Å². The molecule has 1 aromatic heterocycles. The first-order valence-corrected chi connectivity index (χ1v) is 5.87. The second kappa shape index (κ2) is 5.01. The Morgan fingerprint density at radius 2 is 2.16 bits per heavy atom. The normalized spacial score (nSPS) is 10.4. The lowest BCUT2D eigenvalue weighted by Crippen LogP contribution is -2.15. The van der Waals surface area contributed by atoms with Gasteiger partial charge in [0.2, 0.25) is 0 Å².